The number of amides is 1. The van der Waals surface area contributed by atoms with Crippen molar-refractivity contribution in [3.63, 3.8) is 0 Å². The van der Waals surface area contributed by atoms with E-state index < -0.39 is 17.0 Å². The van der Waals surface area contributed by atoms with Gasteiger partial charge in [-0.3, -0.25) is 14.9 Å². The van der Waals surface area contributed by atoms with Crippen molar-refractivity contribution in [2.24, 2.45) is 0 Å². The van der Waals surface area contributed by atoms with E-state index in [1.54, 1.807) is 35.2 Å². The molecule has 2 aromatic carbocycles. The minimum atomic E-state index is -1.10. The summed E-state index contributed by atoms with van der Waals surface area (Å²) in [6.07, 6.45) is 1.79. The number of ether oxygens (including phenoxy) is 1. The van der Waals surface area contributed by atoms with Gasteiger partial charge in [0.05, 0.1) is 15.5 Å². The van der Waals surface area contributed by atoms with E-state index in [-0.39, 0.29) is 22.2 Å². The lowest BCUT2D eigenvalue weighted by molar-refractivity contribution is -0.384. The third-order valence-corrected chi connectivity index (χ3v) is 4.92. The molecule has 1 atom stereocenters. The predicted molar refractivity (Wildman–Crippen MR) is 103 cm³/mol. The molecule has 1 amide bonds. The number of nitro groups is 1. The van der Waals surface area contributed by atoms with E-state index in [0.717, 1.165) is 25.3 Å². The Hall–Kier alpha value is -2.93. The van der Waals surface area contributed by atoms with Gasteiger partial charge in [-0.05, 0) is 25.3 Å². The molecule has 1 heterocycles. The molecule has 1 saturated heterocycles. The second-order valence-electron chi connectivity index (χ2n) is 6.50. The predicted octanol–water partition coefficient (Wildman–Crippen LogP) is 4.16. The Balaban J connectivity index is 1.86. The van der Waals surface area contributed by atoms with Gasteiger partial charge >= 0.3 is 5.97 Å². The molecular weight excluding hydrogens is 384 g/mol. The van der Waals surface area contributed by atoms with E-state index in [1.807, 2.05) is 0 Å². The molecule has 1 aliphatic rings. The number of nitrogens with zero attached hydrogens (tertiary/aromatic N) is 2. The number of carbonyl (C=O) groups is 2. The zero-order valence-corrected chi connectivity index (χ0v) is 15.8. The van der Waals surface area contributed by atoms with Crippen LogP contribution in [0, 0.1) is 10.1 Å². The Morgan fingerprint density at radius 1 is 1.07 bits per heavy atom. The van der Waals surface area contributed by atoms with Crippen molar-refractivity contribution in [1.29, 1.82) is 0 Å². The first-order valence-electron chi connectivity index (χ1n) is 8.96. The summed E-state index contributed by atoms with van der Waals surface area (Å²) in [6, 6.07) is 12.3. The first kappa shape index (κ1) is 19.8. The first-order chi connectivity index (χ1) is 13.5. The fraction of sp³-hybridized carbons (Fsp3) is 0.300. The normalized spacial score (nSPS) is 15.0. The zero-order valence-electron chi connectivity index (χ0n) is 15.0. The number of nitro benzene ring substituents is 1. The van der Waals surface area contributed by atoms with Crippen LogP contribution in [0.1, 0.15) is 41.3 Å². The molecule has 1 aliphatic heterocycles. The molecule has 0 saturated carbocycles. The molecule has 3 rings (SSSR count). The number of halogens is 1. The summed E-state index contributed by atoms with van der Waals surface area (Å²) in [7, 11) is 0. The average molecular weight is 403 g/mol. The summed E-state index contributed by atoms with van der Waals surface area (Å²) in [6.45, 7) is 1.25. The molecule has 2 aromatic rings. The van der Waals surface area contributed by atoms with Gasteiger partial charge in [-0.2, -0.15) is 0 Å². The summed E-state index contributed by atoms with van der Waals surface area (Å²) < 4.78 is 5.53. The van der Waals surface area contributed by atoms with Crippen LogP contribution in [0.15, 0.2) is 48.5 Å². The maximum Gasteiger partial charge on any atom is 0.340 e. The van der Waals surface area contributed by atoms with Gasteiger partial charge in [0.25, 0.3) is 11.6 Å². The molecule has 0 aliphatic carbocycles. The molecule has 8 heteroatoms. The van der Waals surface area contributed by atoms with Gasteiger partial charge in [0.1, 0.15) is 0 Å². The standard InChI is InChI=1S/C20H19ClN2O5/c21-17-13-15(23(26)27)9-10-16(17)20(25)28-18(14-7-3-1-4-8-14)19(24)22-11-5-2-6-12-22/h1,3-4,7-10,13,18H,2,5-6,11-12H2/t18-/m1/s1. The van der Waals surface area contributed by atoms with Gasteiger partial charge in [0.15, 0.2) is 0 Å². The van der Waals surface area contributed by atoms with Crippen molar-refractivity contribution < 1.29 is 19.2 Å². The molecule has 1 fully saturated rings. The lowest BCUT2D eigenvalue weighted by Crippen LogP contribution is -2.40. The fourth-order valence-electron chi connectivity index (χ4n) is 3.12. The third-order valence-electron chi connectivity index (χ3n) is 4.60. The Morgan fingerprint density at radius 3 is 2.36 bits per heavy atom. The van der Waals surface area contributed by atoms with Crippen LogP contribution in [0.5, 0.6) is 0 Å². The largest absolute Gasteiger partial charge is 0.444 e. The van der Waals surface area contributed by atoms with Gasteiger partial charge in [0.2, 0.25) is 6.10 Å². The van der Waals surface area contributed by atoms with Crippen LogP contribution in [0.2, 0.25) is 5.02 Å². The van der Waals surface area contributed by atoms with E-state index in [0.29, 0.717) is 18.7 Å². The Morgan fingerprint density at radius 2 is 1.75 bits per heavy atom. The molecule has 0 unspecified atom stereocenters. The molecule has 0 aromatic heterocycles. The Bertz CT molecular complexity index is 881. The summed E-state index contributed by atoms with van der Waals surface area (Å²) in [5, 5.41) is 10.7. The minimum Gasteiger partial charge on any atom is -0.444 e. The Labute approximate surface area is 167 Å². The van der Waals surface area contributed by atoms with Crippen molar-refractivity contribution in [2.45, 2.75) is 25.4 Å². The van der Waals surface area contributed by atoms with Crippen molar-refractivity contribution in [2.75, 3.05) is 13.1 Å². The molecule has 0 radical (unpaired) electrons. The zero-order chi connectivity index (χ0) is 20.1. The van der Waals surface area contributed by atoms with Gasteiger partial charge in [-0.1, -0.05) is 41.9 Å². The van der Waals surface area contributed by atoms with Gasteiger partial charge < -0.3 is 9.64 Å². The van der Waals surface area contributed by atoms with Crippen LogP contribution in [0.4, 0.5) is 5.69 Å². The quantitative estimate of drug-likeness (QED) is 0.425. The lowest BCUT2D eigenvalue weighted by Gasteiger charge is -2.30. The fourth-order valence-corrected chi connectivity index (χ4v) is 3.37. The highest BCUT2D eigenvalue weighted by molar-refractivity contribution is 6.33. The number of piperidine rings is 1. The summed E-state index contributed by atoms with van der Waals surface area (Å²) in [5.41, 5.74) is 0.301. The number of hydrogen-bond donors (Lipinski definition) is 0. The topological polar surface area (TPSA) is 89.8 Å². The van der Waals surface area contributed by atoms with Crippen LogP contribution < -0.4 is 0 Å². The van der Waals surface area contributed by atoms with Crippen LogP contribution in [-0.4, -0.2) is 34.8 Å². The van der Waals surface area contributed by atoms with Crippen molar-refractivity contribution in [3.8, 4) is 0 Å². The second-order valence-corrected chi connectivity index (χ2v) is 6.91. The van der Waals surface area contributed by atoms with E-state index in [1.165, 1.54) is 12.1 Å². The van der Waals surface area contributed by atoms with Crippen molar-refractivity contribution in [1.82, 2.24) is 4.90 Å². The minimum absolute atomic E-state index is 0.0281. The Kier molecular flexibility index (Phi) is 6.26. The van der Waals surface area contributed by atoms with E-state index in [9.17, 15) is 19.7 Å². The van der Waals surface area contributed by atoms with Crippen LogP contribution in [-0.2, 0) is 9.53 Å². The number of carbonyl (C=O) groups excluding carboxylic acids is 2. The van der Waals surface area contributed by atoms with Crippen LogP contribution in [0.3, 0.4) is 0 Å². The highest BCUT2D eigenvalue weighted by atomic mass is 35.5. The van der Waals surface area contributed by atoms with Gasteiger partial charge in [0, 0.05) is 30.8 Å². The number of esters is 1. The smallest absolute Gasteiger partial charge is 0.340 e. The monoisotopic (exact) mass is 402 g/mol. The van der Waals surface area contributed by atoms with Gasteiger partial charge in [-0.15, -0.1) is 0 Å². The summed E-state index contributed by atoms with van der Waals surface area (Å²) >= 11 is 6.03. The number of hydrogen-bond acceptors (Lipinski definition) is 5. The molecule has 0 N–H and O–H groups in total. The van der Waals surface area contributed by atoms with E-state index in [4.69, 9.17) is 16.3 Å². The first-order valence-corrected chi connectivity index (χ1v) is 9.34. The summed E-state index contributed by atoms with van der Waals surface area (Å²) in [5.74, 6) is -1.09. The van der Waals surface area contributed by atoms with Gasteiger partial charge in [-0.25, -0.2) is 4.79 Å². The molecule has 7 nitrogen and oxygen atoms in total. The van der Waals surface area contributed by atoms with Crippen LogP contribution in [0.25, 0.3) is 0 Å². The van der Waals surface area contributed by atoms with E-state index in [2.05, 4.69) is 0 Å². The number of benzene rings is 2. The summed E-state index contributed by atoms with van der Waals surface area (Å²) in [4.78, 5) is 37.6. The number of non-ortho nitro benzene ring substituents is 1. The lowest BCUT2D eigenvalue weighted by atomic mass is 10.1. The maximum absolute atomic E-state index is 13.0. The van der Waals surface area contributed by atoms with E-state index >= 15 is 0 Å². The number of likely N-dealkylation sites (tertiary alicyclic amines) is 1. The average Bonchev–Trinajstić information content (AvgIpc) is 2.72. The molecule has 146 valence electrons. The van der Waals surface area contributed by atoms with Crippen LogP contribution >= 0.6 is 11.6 Å². The molecule has 0 bridgehead atoms. The maximum atomic E-state index is 13.0. The molecule has 28 heavy (non-hydrogen) atoms. The van der Waals surface area contributed by atoms with Crippen molar-refractivity contribution in [3.05, 3.63) is 74.8 Å². The second kappa shape index (κ2) is 8.84. The highest BCUT2D eigenvalue weighted by Gasteiger charge is 2.31. The third kappa shape index (κ3) is 4.48. The number of rotatable bonds is 5. The SMILES string of the molecule is O=C(O[C@@H](C(=O)N1CCCCC1)c1ccccc1)c1ccc([N+](=O)[O-])cc1Cl. The molecular formula is C20H19ClN2O5. The molecule has 0 spiro atoms. The van der Waals surface area contributed by atoms with Crippen molar-refractivity contribution >= 4 is 29.2 Å². The highest BCUT2D eigenvalue weighted by Crippen LogP contribution is 2.27.